The van der Waals surface area contributed by atoms with Crippen molar-refractivity contribution in [1.29, 1.82) is 0 Å². The molecule has 0 radical (unpaired) electrons. The number of methoxy groups -OCH3 is 1. The molecule has 0 spiro atoms. The Morgan fingerprint density at radius 3 is 2.68 bits per heavy atom. The van der Waals surface area contributed by atoms with E-state index in [9.17, 15) is 9.59 Å². The summed E-state index contributed by atoms with van der Waals surface area (Å²) in [6, 6.07) is 15.4. The molecule has 7 heteroatoms. The number of carbonyl (C=O) groups excluding carboxylic acids is 1. The summed E-state index contributed by atoms with van der Waals surface area (Å²) in [5.74, 6) is 1.24. The van der Waals surface area contributed by atoms with E-state index in [1.54, 1.807) is 11.7 Å². The van der Waals surface area contributed by atoms with E-state index < -0.39 is 0 Å². The third-order valence-corrected chi connectivity index (χ3v) is 5.14. The van der Waals surface area contributed by atoms with Crippen molar-refractivity contribution in [2.45, 2.75) is 25.8 Å². The van der Waals surface area contributed by atoms with Gasteiger partial charge in [-0.3, -0.25) is 4.79 Å². The van der Waals surface area contributed by atoms with Crippen LogP contribution in [0.5, 0.6) is 5.75 Å². The van der Waals surface area contributed by atoms with Crippen LogP contribution in [0.15, 0.2) is 53.3 Å². The van der Waals surface area contributed by atoms with Gasteiger partial charge in [0.2, 0.25) is 5.91 Å². The third-order valence-electron chi connectivity index (χ3n) is 5.14. The second-order valence-corrected chi connectivity index (χ2v) is 7.04. The molecule has 4 rings (SSSR count). The van der Waals surface area contributed by atoms with E-state index in [0.29, 0.717) is 25.3 Å². The van der Waals surface area contributed by atoms with Gasteiger partial charge in [0.25, 0.3) is 0 Å². The van der Waals surface area contributed by atoms with Crippen LogP contribution < -0.4 is 10.4 Å². The van der Waals surface area contributed by atoms with E-state index >= 15 is 0 Å². The first kappa shape index (κ1) is 18.0. The SMILES string of the molecule is COc1ccc(-n2c(C3CC(=O)N(Cc4ccccc4)C3)n[nH]c2=O)c(C)c1. The van der Waals surface area contributed by atoms with Crippen LogP contribution in [0.3, 0.4) is 0 Å². The molecule has 1 unspecified atom stereocenters. The van der Waals surface area contributed by atoms with Crippen LogP contribution >= 0.6 is 0 Å². The van der Waals surface area contributed by atoms with Crippen LogP contribution in [0.25, 0.3) is 5.69 Å². The Hall–Kier alpha value is -3.35. The Bertz CT molecular complexity index is 1060. The lowest BCUT2D eigenvalue weighted by molar-refractivity contribution is -0.128. The molecule has 0 saturated carbocycles. The summed E-state index contributed by atoms with van der Waals surface area (Å²) in [6.45, 7) is 3.02. The number of aromatic nitrogens is 3. The van der Waals surface area contributed by atoms with Gasteiger partial charge in [-0.1, -0.05) is 30.3 Å². The van der Waals surface area contributed by atoms with Gasteiger partial charge >= 0.3 is 5.69 Å². The Labute approximate surface area is 162 Å². The Morgan fingerprint density at radius 1 is 1.18 bits per heavy atom. The van der Waals surface area contributed by atoms with E-state index in [1.807, 2.05) is 60.4 Å². The van der Waals surface area contributed by atoms with Gasteiger partial charge in [0.1, 0.15) is 11.6 Å². The number of aryl methyl sites for hydroxylation is 1. The van der Waals surface area contributed by atoms with Gasteiger partial charge < -0.3 is 9.64 Å². The molecule has 3 aromatic rings. The lowest BCUT2D eigenvalue weighted by Gasteiger charge is -2.17. The molecule has 2 aromatic carbocycles. The lowest BCUT2D eigenvalue weighted by atomic mass is 10.1. The van der Waals surface area contributed by atoms with E-state index in [1.165, 1.54) is 0 Å². The highest BCUT2D eigenvalue weighted by molar-refractivity contribution is 5.79. The number of hydrogen-bond acceptors (Lipinski definition) is 4. The molecular weight excluding hydrogens is 356 g/mol. The third kappa shape index (κ3) is 3.31. The average molecular weight is 378 g/mol. The van der Waals surface area contributed by atoms with E-state index in [2.05, 4.69) is 10.2 Å². The fourth-order valence-electron chi connectivity index (χ4n) is 3.72. The molecule has 1 aliphatic rings. The molecule has 1 fully saturated rings. The number of ether oxygens (including phenoxy) is 1. The fraction of sp³-hybridized carbons (Fsp3) is 0.286. The first-order valence-electron chi connectivity index (χ1n) is 9.21. The summed E-state index contributed by atoms with van der Waals surface area (Å²) in [7, 11) is 1.61. The molecule has 1 aromatic heterocycles. The second kappa shape index (κ2) is 7.34. The van der Waals surface area contributed by atoms with Gasteiger partial charge in [0.05, 0.1) is 12.8 Å². The molecule has 144 valence electrons. The molecule has 1 amide bonds. The molecule has 1 atom stereocenters. The fourth-order valence-corrected chi connectivity index (χ4v) is 3.72. The first-order valence-corrected chi connectivity index (χ1v) is 9.21. The van der Waals surface area contributed by atoms with Gasteiger partial charge in [-0.25, -0.2) is 14.5 Å². The number of amides is 1. The minimum absolute atomic E-state index is 0.0716. The summed E-state index contributed by atoms with van der Waals surface area (Å²) in [6.07, 6.45) is 0.340. The lowest BCUT2D eigenvalue weighted by Crippen LogP contribution is -2.25. The molecule has 1 aliphatic heterocycles. The summed E-state index contributed by atoms with van der Waals surface area (Å²) < 4.78 is 6.82. The topological polar surface area (TPSA) is 80.2 Å². The highest BCUT2D eigenvalue weighted by Crippen LogP contribution is 2.29. The quantitative estimate of drug-likeness (QED) is 0.739. The van der Waals surface area contributed by atoms with Crippen molar-refractivity contribution in [2.75, 3.05) is 13.7 Å². The normalized spacial score (nSPS) is 16.6. The molecule has 0 bridgehead atoms. The number of aromatic amines is 1. The standard InChI is InChI=1S/C21H22N4O3/c1-14-10-17(28-2)8-9-18(14)25-20(22-23-21(25)27)16-11-19(26)24(13-16)12-15-6-4-3-5-7-15/h3-10,16H,11-13H2,1-2H3,(H,23,27). The van der Waals surface area contributed by atoms with Crippen molar-refractivity contribution in [3.63, 3.8) is 0 Å². The minimum atomic E-state index is -0.308. The van der Waals surface area contributed by atoms with E-state index in [0.717, 1.165) is 22.6 Å². The van der Waals surface area contributed by atoms with Gasteiger partial charge in [0, 0.05) is 25.4 Å². The zero-order valence-electron chi connectivity index (χ0n) is 15.9. The van der Waals surface area contributed by atoms with Gasteiger partial charge in [-0.2, -0.15) is 5.10 Å². The summed E-state index contributed by atoms with van der Waals surface area (Å²) >= 11 is 0. The molecule has 0 aliphatic carbocycles. The number of nitrogens with one attached hydrogen (secondary N) is 1. The summed E-state index contributed by atoms with van der Waals surface area (Å²) in [5, 5.41) is 6.79. The highest BCUT2D eigenvalue weighted by Gasteiger charge is 2.34. The number of hydrogen-bond donors (Lipinski definition) is 1. The van der Waals surface area contributed by atoms with Crippen molar-refractivity contribution in [3.05, 3.63) is 76.0 Å². The number of benzene rings is 2. The number of nitrogens with zero attached hydrogens (tertiary/aromatic N) is 3. The Morgan fingerprint density at radius 2 is 1.96 bits per heavy atom. The molecule has 1 saturated heterocycles. The molecule has 2 heterocycles. The van der Waals surface area contributed by atoms with Crippen LogP contribution in [0.2, 0.25) is 0 Å². The monoisotopic (exact) mass is 378 g/mol. The Balaban J connectivity index is 1.63. The predicted octanol–water partition coefficient (Wildman–Crippen LogP) is 2.39. The van der Waals surface area contributed by atoms with Crippen molar-refractivity contribution in [1.82, 2.24) is 19.7 Å². The van der Waals surface area contributed by atoms with Crippen molar-refractivity contribution < 1.29 is 9.53 Å². The summed E-state index contributed by atoms with van der Waals surface area (Å²) in [4.78, 5) is 26.8. The first-order chi connectivity index (χ1) is 13.6. The van der Waals surface area contributed by atoms with Gasteiger partial charge in [-0.05, 0) is 36.2 Å². The zero-order chi connectivity index (χ0) is 19.7. The largest absolute Gasteiger partial charge is 0.497 e. The second-order valence-electron chi connectivity index (χ2n) is 7.04. The van der Waals surface area contributed by atoms with Crippen LogP contribution in [0, 0.1) is 6.92 Å². The van der Waals surface area contributed by atoms with Crippen LogP contribution in [0.1, 0.15) is 29.3 Å². The van der Waals surface area contributed by atoms with E-state index in [4.69, 9.17) is 4.74 Å². The zero-order valence-corrected chi connectivity index (χ0v) is 15.9. The van der Waals surface area contributed by atoms with Gasteiger partial charge in [-0.15, -0.1) is 0 Å². The predicted molar refractivity (Wildman–Crippen MR) is 105 cm³/mol. The van der Waals surface area contributed by atoms with Crippen molar-refractivity contribution in [2.24, 2.45) is 0 Å². The Kier molecular flexibility index (Phi) is 4.73. The number of H-pyrrole nitrogens is 1. The van der Waals surface area contributed by atoms with Crippen molar-refractivity contribution >= 4 is 5.91 Å². The van der Waals surface area contributed by atoms with Crippen LogP contribution in [-0.4, -0.2) is 39.2 Å². The molecule has 28 heavy (non-hydrogen) atoms. The number of carbonyl (C=O) groups is 1. The van der Waals surface area contributed by atoms with Crippen LogP contribution in [-0.2, 0) is 11.3 Å². The average Bonchev–Trinajstić information content (AvgIpc) is 3.25. The molecule has 1 N–H and O–H groups in total. The number of likely N-dealkylation sites (tertiary alicyclic amines) is 1. The highest BCUT2D eigenvalue weighted by atomic mass is 16.5. The molecule has 7 nitrogen and oxygen atoms in total. The number of rotatable bonds is 5. The maximum absolute atomic E-state index is 12.6. The summed E-state index contributed by atoms with van der Waals surface area (Å²) in [5.41, 5.74) is 2.41. The minimum Gasteiger partial charge on any atom is -0.497 e. The van der Waals surface area contributed by atoms with Crippen LogP contribution in [0.4, 0.5) is 0 Å². The van der Waals surface area contributed by atoms with Gasteiger partial charge in [0.15, 0.2) is 0 Å². The van der Waals surface area contributed by atoms with E-state index in [-0.39, 0.29) is 17.5 Å². The maximum Gasteiger partial charge on any atom is 0.347 e. The van der Waals surface area contributed by atoms with Crippen molar-refractivity contribution in [3.8, 4) is 11.4 Å². The smallest absolute Gasteiger partial charge is 0.347 e. The molecular formula is C21H22N4O3. The maximum atomic E-state index is 12.6.